The van der Waals surface area contributed by atoms with Crippen molar-refractivity contribution >= 4 is 34.8 Å². The lowest BCUT2D eigenvalue weighted by atomic mass is 10.0. The van der Waals surface area contributed by atoms with Crippen molar-refractivity contribution in [2.45, 2.75) is 37.4 Å². The van der Waals surface area contributed by atoms with Gasteiger partial charge in [0.15, 0.2) is 5.11 Å². The van der Waals surface area contributed by atoms with Crippen molar-refractivity contribution in [1.82, 2.24) is 10.3 Å². The van der Waals surface area contributed by atoms with Gasteiger partial charge >= 0.3 is 0 Å². The normalized spacial score (nSPS) is 15.5. The van der Waals surface area contributed by atoms with E-state index in [2.05, 4.69) is 27.4 Å². The molecule has 0 aromatic carbocycles. The van der Waals surface area contributed by atoms with Crippen LogP contribution in [-0.4, -0.2) is 34.8 Å². The van der Waals surface area contributed by atoms with E-state index in [1.807, 2.05) is 12.1 Å². The largest absolute Gasteiger partial charge is 0.481 e. The van der Waals surface area contributed by atoms with Crippen LogP contribution >= 0.6 is 24.0 Å². The Hall–Kier alpha value is -1.01. The highest BCUT2D eigenvalue weighted by molar-refractivity contribution is 7.99. The van der Waals surface area contributed by atoms with Crippen LogP contribution in [0.25, 0.3) is 0 Å². The van der Waals surface area contributed by atoms with Gasteiger partial charge in [0.1, 0.15) is 0 Å². The molecule has 1 aromatic rings. The molecule has 0 aliphatic heterocycles. The fourth-order valence-corrected chi connectivity index (χ4v) is 3.81. The molecule has 1 aliphatic carbocycles. The van der Waals surface area contributed by atoms with E-state index < -0.39 is 0 Å². The Balaban J connectivity index is 1.60. The Kier molecular flexibility index (Phi) is 7.09. The average molecular weight is 326 g/mol. The molecule has 21 heavy (non-hydrogen) atoms. The van der Waals surface area contributed by atoms with Crippen LogP contribution in [0.15, 0.2) is 18.3 Å². The van der Waals surface area contributed by atoms with Crippen LogP contribution < -0.4 is 15.4 Å². The van der Waals surface area contributed by atoms with Gasteiger partial charge in [-0.2, -0.15) is 11.8 Å². The SMILES string of the molecule is COc1ccc(NC(=S)NCCSC2CCCCC2)cn1. The van der Waals surface area contributed by atoms with Gasteiger partial charge in [0, 0.05) is 23.6 Å². The number of anilines is 1. The third-order valence-corrected chi connectivity index (χ3v) is 5.13. The number of thioether (sulfide) groups is 1. The highest BCUT2D eigenvalue weighted by atomic mass is 32.2. The van der Waals surface area contributed by atoms with E-state index in [9.17, 15) is 0 Å². The molecule has 4 nitrogen and oxygen atoms in total. The fourth-order valence-electron chi connectivity index (χ4n) is 2.37. The van der Waals surface area contributed by atoms with Gasteiger partial charge in [0.25, 0.3) is 0 Å². The molecule has 1 fully saturated rings. The minimum absolute atomic E-state index is 0.600. The standard InChI is InChI=1S/C15H23N3OS2/c1-19-14-8-7-12(11-17-14)18-15(20)16-9-10-21-13-5-3-2-4-6-13/h7-8,11,13H,2-6,9-10H2,1H3,(H2,16,18,20). The molecule has 1 heterocycles. The number of hydrogen-bond donors (Lipinski definition) is 2. The zero-order valence-electron chi connectivity index (χ0n) is 12.4. The van der Waals surface area contributed by atoms with Crippen molar-refractivity contribution in [2.75, 3.05) is 24.7 Å². The Morgan fingerprint density at radius 3 is 2.86 bits per heavy atom. The number of nitrogens with zero attached hydrogens (tertiary/aromatic N) is 1. The van der Waals surface area contributed by atoms with Crippen molar-refractivity contribution < 1.29 is 4.74 Å². The number of methoxy groups -OCH3 is 1. The van der Waals surface area contributed by atoms with E-state index in [4.69, 9.17) is 17.0 Å². The molecule has 6 heteroatoms. The first-order chi connectivity index (χ1) is 10.3. The third-order valence-electron chi connectivity index (χ3n) is 3.50. The smallest absolute Gasteiger partial charge is 0.213 e. The van der Waals surface area contributed by atoms with Gasteiger partial charge in [-0.3, -0.25) is 0 Å². The Labute approximate surface area is 136 Å². The maximum absolute atomic E-state index is 5.28. The quantitative estimate of drug-likeness (QED) is 0.617. The monoisotopic (exact) mass is 325 g/mol. The average Bonchev–Trinajstić information content (AvgIpc) is 2.53. The molecular weight excluding hydrogens is 302 g/mol. The van der Waals surface area contributed by atoms with Gasteiger partial charge in [-0.15, -0.1) is 0 Å². The predicted molar refractivity (Wildman–Crippen MR) is 94.3 cm³/mol. The van der Waals surface area contributed by atoms with Gasteiger partial charge in [0.2, 0.25) is 5.88 Å². The van der Waals surface area contributed by atoms with E-state index in [1.165, 1.54) is 32.1 Å². The lowest BCUT2D eigenvalue weighted by Gasteiger charge is -2.21. The number of pyridine rings is 1. The summed E-state index contributed by atoms with van der Waals surface area (Å²) in [4.78, 5) is 4.13. The maximum atomic E-state index is 5.28. The molecular formula is C15H23N3OS2. The zero-order valence-corrected chi connectivity index (χ0v) is 14.1. The van der Waals surface area contributed by atoms with Crippen LogP contribution in [0.4, 0.5) is 5.69 Å². The zero-order chi connectivity index (χ0) is 14.9. The molecule has 0 saturated heterocycles. The first-order valence-corrected chi connectivity index (χ1v) is 8.90. The van der Waals surface area contributed by atoms with Crippen molar-refractivity contribution in [2.24, 2.45) is 0 Å². The predicted octanol–water partition coefficient (Wildman–Crippen LogP) is 3.44. The molecule has 2 rings (SSSR count). The molecule has 1 aromatic heterocycles. The highest BCUT2D eigenvalue weighted by Gasteiger charge is 2.12. The summed E-state index contributed by atoms with van der Waals surface area (Å²) in [5.41, 5.74) is 0.869. The maximum Gasteiger partial charge on any atom is 0.213 e. The minimum Gasteiger partial charge on any atom is -0.481 e. The lowest BCUT2D eigenvalue weighted by Crippen LogP contribution is -2.30. The van der Waals surface area contributed by atoms with E-state index in [0.717, 1.165) is 23.2 Å². The van der Waals surface area contributed by atoms with Gasteiger partial charge in [-0.05, 0) is 31.1 Å². The van der Waals surface area contributed by atoms with Gasteiger partial charge in [-0.1, -0.05) is 19.3 Å². The van der Waals surface area contributed by atoms with E-state index in [0.29, 0.717) is 11.0 Å². The Morgan fingerprint density at radius 1 is 1.38 bits per heavy atom. The summed E-state index contributed by atoms with van der Waals surface area (Å²) in [6.07, 6.45) is 8.68. The molecule has 1 saturated carbocycles. The van der Waals surface area contributed by atoms with Crippen molar-refractivity contribution in [3.05, 3.63) is 18.3 Å². The number of thiocarbonyl (C=S) groups is 1. The Bertz CT molecular complexity index is 433. The molecule has 1 aliphatic rings. The van der Waals surface area contributed by atoms with Crippen LogP contribution in [0.2, 0.25) is 0 Å². The van der Waals surface area contributed by atoms with Gasteiger partial charge in [-0.25, -0.2) is 4.98 Å². The Morgan fingerprint density at radius 2 is 2.19 bits per heavy atom. The van der Waals surface area contributed by atoms with E-state index in [1.54, 1.807) is 13.3 Å². The lowest BCUT2D eigenvalue weighted by molar-refractivity contribution is 0.398. The van der Waals surface area contributed by atoms with Crippen molar-refractivity contribution in [3.63, 3.8) is 0 Å². The third kappa shape index (κ3) is 6.09. The molecule has 2 N–H and O–H groups in total. The fraction of sp³-hybridized carbons (Fsp3) is 0.600. The second-order valence-electron chi connectivity index (χ2n) is 5.10. The van der Waals surface area contributed by atoms with Crippen LogP contribution in [0.3, 0.4) is 0 Å². The van der Waals surface area contributed by atoms with Crippen molar-refractivity contribution in [1.29, 1.82) is 0 Å². The topological polar surface area (TPSA) is 46.2 Å². The molecule has 0 spiro atoms. The molecule has 0 unspecified atom stereocenters. The summed E-state index contributed by atoms with van der Waals surface area (Å²) in [6.45, 7) is 0.899. The first-order valence-electron chi connectivity index (χ1n) is 7.44. The molecule has 116 valence electrons. The summed E-state index contributed by atoms with van der Waals surface area (Å²) in [7, 11) is 1.60. The molecule has 0 amide bonds. The highest BCUT2D eigenvalue weighted by Crippen LogP contribution is 2.27. The van der Waals surface area contributed by atoms with E-state index >= 15 is 0 Å². The second-order valence-corrected chi connectivity index (χ2v) is 6.92. The van der Waals surface area contributed by atoms with E-state index in [-0.39, 0.29) is 0 Å². The molecule has 0 radical (unpaired) electrons. The number of nitrogens with one attached hydrogen (secondary N) is 2. The summed E-state index contributed by atoms with van der Waals surface area (Å²) < 4.78 is 5.02. The van der Waals surface area contributed by atoms with Crippen LogP contribution in [0.5, 0.6) is 5.88 Å². The summed E-state index contributed by atoms with van der Waals surface area (Å²) in [6, 6.07) is 3.71. The summed E-state index contributed by atoms with van der Waals surface area (Å²) >= 11 is 7.35. The minimum atomic E-state index is 0.600. The number of ether oxygens (including phenoxy) is 1. The first kappa shape index (κ1) is 16.4. The van der Waals surface area contributed by atoms with Crippen LogP contribution in [0, 0.1) is 0 Å². The van der Waals surface area contributed by atoms with Crippen LogP contribution in [-0.2, 0) is 0 Å². The van der Waals surface area contributed by atoms with Gasteiger partial charge in [0.05, 0.1) is 19.0 Å². The molecule has 0 bridgehead atoms. The second kappa shape index (κ2) is 9.10. The summed E-state index contributed by atoms with van der Waals surface area (Å²) in [5, 5.41) is 7.86. The number of aromatic nitrogens is 1. The number of rotatable bonds is 6. The van der Waals surface area contributed by atoms with Crippen molar-refractivity contribution in [3.8, 4) is 5.88 Å². The number of hydrogen-bond acceptors (Lipinski definition) is 4. The summed E-state index contributed by atoms with van der Waals surface area (Å²) in [5.74, 6) is 1.70. The molecule has 0 atom stereocenters. The van der Waals surface area contributed by atoms with Gasteiger partial charge < -0.3 is 15.4 Å². The van der Waals surface area contributed by atoms with Crippen LogP contribution in [0.1, 0.15) is 32.1 Å².